The Morgan fingerprint density at radius 3 is 2.70 bits per heavy atom. The van der Waals surface area contributed by atoms with Gasteiger partial charge in [0.1, 0.15) is 0 Å². The van der Waals surface area contributed by atoms with E-state index in [1.54, 1.807) is 13.2 Å². The summed E-state index contributed by atoms with van der Waals surface area (Å²) < 4.78 is 25.9. The second-order valence-corrected chi connectivity index (χ2v) is 6.67. The van der Waals surface area contributed by atoms with Crippen molar-refractivity contribution in [1.82, 2.24) is 4.72 Å². The van der Waals surface area contributed by atoms with E-state index in [0.29, 0.717) is 5.75 Å². The van der Waals surface area contributed by atoms with Crippen LogP contribution in [-0.4, -0.2) is 31.3 Å². The zero-order valence-electron chi connectivity index (χ0n) is 10.9. The predicted molar refractivity (Wildman–Crippen MR) is 76.0 cm³/mol. The summed E-state index contributed by atoms with van der Waals surface area (Å²) in [6.07, 6.45) is 1.80. The van der Waals surface area contributed by atoms with Crippen LogP contribution >= 0.6 is 11.8 Å². The third-order valence-corrected chi connectivity index (χ3v) is 4.62. The number of rotatable bonds is 6. The molecule has 0 radical (unpaired) electrons. The van der Waals surface area contributed by atoms with Crippen molar-refractivity contribution < 1.29 is 18.1 Å². The van der Waals surface area contributed by atoms with Crippen LogP contribution in [-0.2, 0) is 14.8 Å². The average Bonchev–Trinajstić information content (AvgIpc) is 2.38. The molecule has 0 bridgehead atoms. The monoisotopic (exact) mass is 318 g/mol. The van der Waals surface area contributed by atoms with Crippen molar-refractivity contribution in [3.05, 3.63) is 34.4 Å². The molecule has 0 saturated carbocycles. The summed E-state index contributed by atoms with van der Waals surface area (Å²) in [4.78, 5) is 21.3. The van der Waals surface area contributed by atoms with Crippen LogP contribution in [0.5, 0.6) is 0 Å². The topological polar surface area (TPSA) is 106 Å². The molecule has 7 nitrogen and oxygen atoms in total. The highest BCUT2D eigenvalue weighted by Crippen LogP contribution is 2.17. The molecule has 9 heteroatoms. The number of thioether (sulfide) groups is 1. The number of amides is 1. The van der Waals surface area contributed by atoms with Gasteiger partial charge in [-0.15, -0.1) is 0 Å². The molecule has 0 fully saturated rings. The van der Waals surface area contributed by atoms with E-state index >= 15 is 0 Å². The SMILES string of the molecule is CSCC(C)C(=O)NS(=O)(=O)c1cccc([N+](=O)[O-])c1. The smallest absolute Gasteiger partial charge is 0.270 e. The van der Waals surface area contributed by atoms with E-state index in [-0.39, 0.29) is 10.6 Å². The molecular formula is C11H14N2O5S2. The first-order valence-corrected chi connectivity index (χ1v) is 8.45. The third-order valence-electron chi connectivity index (χ3n) is 2.44. The Balaban J connectivity index is 2.97. The summed E-state index contributed by atoms with van der Waals surface area (Å²) in [5.41, 5.74) is -0.350. The second kappa shape index (κ2) is 6.71. The molecule has 1 aromatic carbocycles. The lowest BCUT2D eigenvalue weighted by molar-refractivity contribution is -0.385. The lowest BCUT2D eigenvalue weighted by Gasteiger charge is -2.11. The summed E-state index contributed by atoms with van der Waals surface area (Å²) in [6, 6.07) is 4.54. The molecule has 0 heterocycles. The molecule has 1 aromatic rings. The van der Waals surface area contributed by atoms with Gasteiger partial charge in [-0.2, -0.15) is 11.8 Å². The number of sulfonamides is 1. The Morgan fingerprint density at radius 1 is 1.50 bits per heavy atom. The molecule has 0 aliphatic carbocycles. The zero-order chi connectivity index (χ0) is 15.3. The molecule has 110 valence electrons. The Hall–Kier alpha value is -1.61. The molecule has 1 unspecified atom stereocenters. The van der Waals surface area contributed by atoms with Gasteiger partial charge in [0.25, 0.3) is 15.7 Å². The van der Waals surface area contributed by atoms with Gasteiger partial charge in [0, 0.05) is 23.8 Å². The number of nitro groups is 1. The Morgan fingerprint density at radius 2 is 2.15 bits per heavy atom. The summed E-state index contributed by atoms with van der Waals surface area (Å²) in [6.45, 7) is 1.61. The van der Waals surface area contributed by atoms with Crippen molar-refractivity contribution in [2.24, 2.45) is 5.92 Å². The van der Waals surface area contributed by atoms with Gasteiger partial charge in [0.2, 0.25) is 5.91 Å². The van der Waals surface area contributed by atoms with Gasteiger partial charge in [-0.05, 0) is 12.3 Å². The average molecular weight is 318 g/mol. The Labute approximate surface area is 121 Å². The van der Waals surface area contributed by atoms with Gasteiger partial charge in [-0.1, -0.05) is 13.0 Å². The van der Waals surface area contributed by atoms with E-state index in [1.807, 2.05) is 4.72 Å². The molecule has 1 amide bonds. The van der Waals surface area contributed by atoms with Crippen LogP contribution in [0, 0.1) is 16.0 Å². The predicted octanol–water partition coefficient (Wildman–Crippen LogP) is 1.40. The van der Waals surface area contributed by atoms with Crippen molar-refractivity contribution in [3.8, 4) is 0 Å². The number of nitrogens with one attached hydrogen (secondary N) is 1. The Bertz CT molecular complexity index is 615. The molecule has 0 saturated heterocycles. The first-order chi connectivity index (χ1) is 9.27. The third kappa shape index (κ3) is 4.20. The maximum absolute atomic E-state index is 12.0. The van der Waals surface area contributed by atoms with Gasteiger partial charge in [-0.25, -0.2) is 13.1 Å². The quantitative estimate of drug-likeness (QED) is 0.627. The first kappa shape index (κ1) is 16.4. The summed E-state index contributed by atoms with van der Waals surface area (Å²) >= 11 is 1.42. The van der Waals surface area contributed by atoms with Gasteiger partial charge < -0.3 is 0 Å². The van der Waals surface area contributed by atoms with Crippen LogP contribution in [0.15, 0.2) is 29.2 Å². The van der Waals surface area contributed by atoms with Gasteiger partial charge in [0.05, 0.1) is 9.82 Å². The van der Waals surface area contributed by atoms with Crippen molar-refractivity contribution in [2.75, 3.05) is 12.0 Å². The minimum Gasteiger partial charge on any atom is -0.274 e. The van der Waals surface area contributed by atoms with Crippen molar-refractivity contribution in [2.45, 2.75) is 11.8 Å². The number of carbonyl (C=O) groups is 1. The van der Waals surface area contributed by atoms with E-state index in [9.17, 15) is 23.3 Å². The van der Waals surface area contributed by atoms with Crippen molar-refractivity contribution in [3.63, 3.8) is 0 Å². The Kier molecular flexibility index (Phi) is 5.52. The zero-order valence-corrected chi connectivity index (χ0v) is 12.5. The molecule has 1 atom stereocenters. The summed E-state index contributed by atoms with van der Waals surface area (Å²) in [7, 11) is -4.09. The molecule has 0 aliphatic heterocycles. The lowest BCUT2D eigenvalue weighted by atomic mass is 10.2. The second-order valence-electron chi connectivity index (χ2n) is 4.08. The number of benzene rings is 1. The normalized spacial score (nSPS) is 12.7. The molecular weight excluding hydrogens is 304 g/mol. The van der Waals surface area contributed by atoms with Crippen LogP contribution < -0.4 is 4.72 Å². The number of hydrogen-bond donors (Lipinski definition) is 1. The van der Waals surface area contributed by atoms with Gasteiger partial charge in [0.15, 0.2) is 0 Å². The van der Waals surface area contributed by atoms with E-state index in [0.717, 1.165) is 6.07 Å². The highest BCUT2D eigenvalue weighted by atomic mass is 32.2. The van der Waals surface area contributed by atoms with Crippen molar-refractivity contribution in [1.29, 1.82) is 0 Å². The first-order valence-electron chi connectivity index (χ1n) is 5.58. The van der Waals surface area contributed by atoms with Crippen molar-refractivity contribution >= 4 is 33.4 Å². The highest BCUT2D eigenvalue weighted by molar-refractivity contribution is 7.98. The number of nitrogens with zero attached hydrogens (tertiary/aromatic N) is 1. The van der Waals surface area contributed by atoms with Crippen LogP contribution in [0.25, 0.3) is 0 Å². The maximum Gasteiger partial charge on any atom is 0.270 e. The fourth-order valence-corrected chi connectivity index (χ4v) is 3.15. The highest BCUT2D eigenvalue weighted by Gasteiger charge is 2.22. The fraction of sp³-hybridized carbons (Fsp3) is 0.364. The van der Waals surface area contributed by atoms with Gasteiger partial charge >= 0.3 is 0 Å². The van der Waals surface area contributed by atoms with E-state index in [2.05, 4.69) is 0 Å². The molecule has 0 aromatic heterocycles. The van der Waals surface area contributed by atoms with E-state index < -0.39 is 26.8 Å². The molecule has 20 heavy (non-hydrogen) atoms. The minimum atomic E-state index is -4.09. The number of non-ortho nitro benzene ring substituents is 1. The number of carbonyl (C=O) groups excluding carboxylic acids is 1. The summed E-state index contributed by atoms with van der Waals surface area (Å²) in [5.74, 6) is -0.625. The molecule has 1 rings (SSSR count). The molecule has 0 aliphatic rings. The van der Waals surface area contributed by atoms with Crippen LogP contribution in [0.4, 0.5) is 5.69 Å². The van der Waals surface area contributed by atoms with E-state index in [1.165, 1.54) is 30.0 Å². The number of nitro benzene ring substituents is 1. The summed E-state index contributed by atoms with van der Waals surface area (Å²) in [5, 5.41) is 10.6. The lowest BCUT2D eigenvalue weighted by Crippen LogP contribution is -2.35. The van der Waals surface area contributed by atoms with Gasteiger partial charge in [-0.3, -0.25) is 14.9 Å². The largest absolute Gasteiger partial charge is 0.274 e. The van der Waals surface area contributed by atoms with Crippen LogP contribution in [0.1, 0.15) is 6.92 Å². The maximum atomic E-state index is 12.0. The molecule has 1 N–H and O–H groups in total. The standard InChI is InChI=1S/C11H14N2O5S2/c1-8(7-19-2)11(14)12-20(17,18)10-5-3-4-9(6-10)13(15)16/h3-6,8H,7H2,1-2H3,(H,12,14). The van der Waals surface area contributed by atoms with Crippen LogP contribution in [0.3, 0.4) is 0 Å². The van der Waals surface area contributed by atoms with Crippen LogP contribution in [0.2, 0.25) is 0 Å². The number of hydrogen-bond acceptors (Lipinski definition) is 6. The van der Waals surface area contributed by atoms with E-state index in [4.69, 9.17) is 0 Å². The minimum absolute atomic E-state index is 0.309. The fourth-order valence-electron chi connectivity index (χ4n) is 1.38. The molecule has 0 spiro atoms.